The third kappa shape index (κ3) is 3.32. The molecule has 0 saturated heterocycles. The summed E-state index contributed by atoms with van der Waals surface area (Å²) < 4.78 is 23.9. The summed E-state index contributed by atoms with van der Waals surface area (Å²) in [5.74, 6) is -1.19. The number of aromatic nitrogens is 2. The number of rotatable bonds is 4. The third-order valence-electron chi connectivity index (χ3n) is 3.65. The van der Waals surface area contributed by atoms with Gasteiger partial charge in [0.15, 0.2) is 5.69 Å². The molecule has 0 fully saturated rings. The zero-order chi connectivity index (χ0) is 18.9. The highest BCUT2D eigenvalue weighted by atomic mass is 32.2. The van der Waals surface area contributed by atoms with Crippen molar-refractivity contribution in [2.24, 2.45) is 5.14 Å². The van der Waals surface area contributed by atoms with Crippen molar-refractivity contribution in [1.29, 1.82) is 5.26 Å². The SMILES string of the molecule is N#Cc1ccc(-c2cc(C(=O)O)n(-c3ccc(S(N)(=O)=O)cc3)n2)cc1. The lowest BCUT2D eigenvalue weighted by atomic mass is 10.1. The molecular weight excluding hydrogens is 356 g/mol. The molecule has 0 unspecified atom stereocenters. The van der Waals surface area contributed by atoms with Crippen LogP contribution in [0.1, 0.15) is 16.1 Å². The molecule has 1 aromatic heterocycles. The maximum Gasteiger partial charge on any atom is 0.354 e. The smallest absolute Gasteiger partial charge is 0.354 e. The van der Waals surface area contributed by atoms with E-state index in [1.807, 2.05) is 6.07 Å². The molecule has 3 rings (SSSR count). The Kier molecular flexibility index (Phi) is 4.29. The van der Waals surface area contributed by atoms with E-state index in [1.54, 1.807) is 24.3 Å². The van der Waals surface area contributed by atoms with Crippen LogP contribution in [-0.4, -0.2) is 29.3 Å². The van der Waals surface area contributed by atoms with Crippen LogP contribution < -0.4 is 5.14 Å². The van der Waals surface area contributed by atoms with Gasteiger partial charge in [0.1, 0.15) is 0 Å². The van der Waals surface area contributed by atoms with Crippen LogP contribution in [0.4, 0.5) is 0 Å². The van der Waals surface area contributed by atoms with Gasteiger partial charge in [-0.1, -0.05) is 12.1 Å². The summed E-state index contributed by atoms with van der Waals surface area (Å²) in [6, 6.07) is 15.3. The average Bonchev–Trinajstić information content (AvgIpc) is 3.07. The van der Waals surface area contributed by atoms with Gasteiger partial charge in [-0.3, -0.25) is 0 Å². The van der Waals surface area contributed by atoms with Gasteiger partial charge >= 0.3 is 5.97 Å². The number of benzene rings is 2. The van der Waals surface area contributed by atoms with Crippen LogP contribution in [0.5, 0.6) is 0 Å². The molecule has 8 nitrogen and oxygen atoms in total. The van der Waals surface area contributed by atoms with Gasteiger partial charge in [0.05, 0.1) is 27.9 Å². The molecular formula is C17H12N4O4S. The topological polar surface area (TPSA) is 139 Å². The highest BCUT2D eigenvalue weighted by Crippen LogP contribution is 2.23. The van der Waals surface area contributed by atoms with E-state index < -0.39 is 16.0 Å². The quantitative estimate of drug-likeness (QED) is 0.719. The minimum absolute atomic E-state index is 0.0856. The normalized spacial score (nSPS) is 11.1. The molecule has 0 aliphatic heterocycles. The van der Waals surface area contributed by atoms with Gasteiger partial charge in [0.25, 0.3) is 0 Å². The minimum Gasteiger partial charge on any atom is -0.477 e. The minimum atomic E-state index is -3.84. The van der Waals surface area contributed by atoms with Crippen molar-refractivity contribution in [2.75, 3.05) is 0 Å². The lowest BCUT2D eigenvalue weighted by Gasteiger charge is -2.05. The fourth-order valence-corrected chi connectivity index (χ4v) is 2.88. The van der Waals surface area contributed by atoms with Gasteiger partial charge in [-0.25, -0.2) is 23.0 Å². The van der Waals surface area contributed by atoms with Crippen molar-refractivity contribution in [3.8, 4) is 23.0 Å². The summed E-state index contributed by atoms with van der Waals surface area (Å²) in [4.78, 5) is 11.5. The molecule has 0 spiro atoms. The molecule has 0 bridgehead atoms. The molecule has 130 valence electrons. The zero-order valence-corrected chi connectivity index (χ0v) is 14.0. The number of hydrogen-bond donors (Lipinski definition) is 2. The van der Waals surface area contributed by atoms with Gasteiger partial charge in [-0.15, -0.1) is 0 Å². The number of sulfonamides is 1. The number of nitrogens with two attached hydrogens (primary N) is 1. The Labute approximate surface area is 148 Å². The molecule has 9 heteroatoms. The van der Waals surface area contributed by atoms with Crippen LogP contribution in [0.25, 0.3) is 16.9 Å². The second kappa shape index (κ2) is 6.44. The van der Waals surface area contributed by atoms with E-state index in [9.17, 15) is 18.3 Å². The molecule has 0 saturated carbocycles. The first-order chi connectivity index (χ1) is 12.3. The van der Waals surface area contributed by atoms with Crippen LogP contribution in [0.15, 0.2) is 59.5 Å². The van der Waals surface area contributed by atoms with Crippen molar-refractivity contribution in [3.63, 3.8) is 0 Å². The Morgan fingerprint density at radius 3 is 2.23 bits per heavy atom. The third-order valence-corrected chi connectivity index (χ3v) is 4.58. The Hall–Kier alpha value is -3.48. The maximum absolute atomic E-state index is 11.5. The molecule has 26 heavy (non-hydrogen) atoms. The first-order valence-electron chi connectivity index (χ1n) is 7.27. The molecule has 3 aromatic rings. The highest BCUT2D eigenvalue weighted by Gasteiger charge is 2.17. The van der Waals surface area contributed by atoms with Crippen molar-refractivity contribution in [2.45, 2.75) is 4.90 Å². The van der Waals surface area contributed by atoms with Crippen LogP contribution >= 0.6 is 0 Å². The summed E-state index contributed by atoms with van der Waals surface area (Å²) >= 11 is 0. The van der Waals surface area contributed by atoms with Crippen molar-refractivity contribution in [1.82, 2.24) is 9.78 Å². The van der Waals surface area contributed by atoms with Crippen LogP contribution in [-0.2, 0) is 10.0 Å². The molecule has 0 radical (unpaired) electrons. The summed E-state index contributed by atoms with van der Waals surface area (Å²) in [6.45, 7) is 0. The summed E-state index contributed by atoms with van der Waals surface area (Å²) in [6.07, 6.45) is 0. The van der Waals surface area contributed by atoms with Gasteiger partial charge in [0.2, 0.25) is 10.0 Å². The Balaban J connectivity index is 2.08. The monoisotopic (exact) mass is 368 g/mol. The van der Waals surface area contributed by atoms with Crippen LogP contribution in [0.2, 0.25) is 0 Å². The molecule has 0 aliphatic carbocycles. The number of primary sulfonamides is 1. The summed E-state index contributed by atoms with van der Waals surface area (Å²) in [7, 11) is -3.84. The molecule has 0 aliphatic rings. The summed E-state index contributed by atoms with van der Waals surface area (Å²) in [5.41, 5.74) is 1.81. The predicted molar refractivity (Wildman–Crippen MR) is 92.0 cm³/mol. The maximum atomic E-state index is 11.5. The molecule has 0 atom stereocenters. The highest BCUT2D eigenvalue weighted by molar-refractivity contribution is 7.89. The molecule has 2 aromatic carbocycles. The number of aromatic carboxylic acids is 1. The largest absolute Gasteiger partial charge is 0.477 e. The van der Waals surface area contributed by atoms with Crippen molar-refractivity contribution >= 4 is 16.0 Å². The zero-order valence-electron chi connectivity index (χ0n) is 13.2. The lowest BCUT2D eigenvalue weighted by molar-refractivity contribution is 0.0687. The summed E-state index contributed by atoms with van der Waals surface area (Å²) in [5, 5.41) is 27.6. The molecule has 0 amide bonds. The van der Waals surface area contributed by atoms with Gasteiger partial charge < -0.3 is 5.11 Å². The first-order valence-corrected chi connectivity index (χ1v) is 8.81. The Morgan fingerprint density at radius 2 is 1.73 bits per heavy atom. The molecule has 3 N–H and O–H groups in total. The first kappa shape index (κ1) is 17.3. The number of carboxylic acids is 1. The number of nitrogens with zero attached hydrogens (tertiary/aromatic N) is 3. The predicted octanol–water partition coefficient (Wildman–Crippen LogP) is 1.76. The van der Waals surface area contributed by atoms with Crippen LogP contribution in [0, 0.1) is 11.3 Å². The second-order valence-electron chi connectivity index (χ2n) is 5.36. The Bertz CT molecular complexity index is 1130. The fourth-order valence-electron chi connectivity index (χ4n) is 2.36. The van der Waals surface area contributed by atoms with Gasteiger partial charge in [-0.05, 0) is 42.5 Å². The number of carboxylic acid groups (broad SMARTS) is 1. The lowest BCUT2D eigenvalue weighted by Crippen LogP contribution is -2.12. The second-order valence-corrected chi connectivity index (χ2v) is 6.92. The molecule has 1 heterocycles. The van der Waals surface area contributed by atoms with Crippen molar-refractivity contribution < 1.29 is 18.3 Å². The van der Waals surface area contributed by atoms with E-state index in [2.05, 4.69) is 5.10 Å². The van der Waals surface area contributed by atoms with Crippen molar-refractivity contribution in [3.05, 3.63) is 65.9 Å². The standard InChI is InChI=1S/C17H12N4O4S/c18-10-11-1-3-12(4-2-11)15-9-16(17(22)23)21(20-15)13-5-7-14(8-6-13)26(19,24)25/h1-9H,(H,22,23)(H2,19,24,25). The van der Waals surface area contributed by atoms with Gasteiger partial charge in [-0.2, -0.15) is 10.4 Å². The van der Waals surface area contributed by atoms with E-state index in [4.69, 9.17) is 10.4 Å². The van der Waals surface area contributed by atoms with Crippen LogP contribution in [0.3, 0.4) is 0 Å². The van der Waals surface area contributed by atoms with E-state index in [0.29, 0.717) is 22.5 Å². The number of carbonyl (C=O) groups is 1. The fraction of sp³-hybridized carbons (Fsp3) is 0. The van der Waals surface area contributed by atoms with E-state index in [0.717, 1.165) is 0 Å². The number of hydrogen-bond acceptors (Lipinski definition) is 5. The number of nitriles is 1. The average molecular weight is 368 g/mol. The van der Waals surface area contributed by atoms with E-state index >= 15 is 0 Å². The van der Waals surface area contributed by atoms with E-state index in [1.165, 1.54) is 35.0 Å². The van der Waals surface area contributed by atoms with Gasteiger partial charge in [0, 0.05) is 5.56 Å². The Morgan fingerprint density at radius 1 is 1.12 bits per heavy atom. The van der Waals surface area contributed by atoms with E-state index in [-0.39, 0.29) is 10.6 Å².